The number of fused-ring (bicyclic) bond motifs is 1. The molecule has 3 aromatic rings. The van der Waals surface area contributed by atoms with E-state index in [4.69, 9.17) is 11.6 Å². The summed E-state index contributed by atoms with van der Waals surface area (Å²) in [6, 6.07) is 13.7. The number of halogens is 2. The Labute approximate surface area is 142 Å². The molecule has 0 aliphatic rings. The minimum Gasteiger partial charge on any atom is -0.283 e. The molecule has 0 aliphatic heterocycles. The van der Waals surface area contributed by atoms with Crippen molar-refractivity contribution in [3.05, 3.63) is 59.0 Å². The number of nitriles is 1. The highest BCUT2D eigenvalue weighted by Gasteiger charge is 2.16. The van der Waals surface area contributed by atoms with Crippen LogP contribution in [0.1, 0.15) is 17.2 Å². The predicted molar refractivity (Wildman–Crippen MR) is 93.4 cm³/mol. The number of hydrogen-bond donors (Lipinski definition) is 0. The number of nitrogens with zero attached hydrogens (tertiary/aromatic N) is 4. The molecule has 0 spiro atoms. The molecule has 0 amide bonds. The lowest BCUT2D eigenvalue weighted by molar-refractivity contribution is 0.885. The average Bonchev–Trinajstić information content (AvgIpc) is 2.92. The normalized spacial score (nSPS) is 12.2. The maximum Gasteiger partial charge on any atom is 0.151 e. The number of hydrogen-bond acceptors (Lipinski definition) is 4. The molecule has 0 aliphatic carbocycles. The van der Waals surface area contributed by atoms with Crippen molar-refractivity contribution in [2.24, 2.45) is 0 Å². The molecule has 0 bridgehead atoms. The van der Waals surface area contributed by atoms with Gasteiger partial charge in [0.15, 0.2) is 5.15 Å². The third-order valence-corrected chi connectivity index (χ3v) is 5.11. The van der Waals surface area contributed by atoms with Gasteiger partial charge in [-0.2, -0.15) is 10.4 Å². The zero-order chi connectivity index (χ0) is 14.8. The second kappa shape index (κ2) is 6.22. The van der Waals surface area contributed by atoms with Crippen molar-refractivity contribution in [2.45, 2.75) is 5.92 Å². The molecular formula is C14H8ClIN4S. The first-order chi connectivity index (χ1) is 10.2. The van der Waals surface area contributed by atoms with E-state index in [-0.39, 0.29) is 0 Å². The van der Waals surface area contributed by atoms with Gasteiger partial charge in [0.1, 0.15) is 5.92 Å². The summed E-state index contributed by atoms with van der Waals surface area (Å²) in [4.78, 5) is 0. The van der Waals surface area contributed by atoms with E-state index in [9.17, 15) is 5.26 Å². The molecule has 21 heavy (non-hydrogen) atoms. The van der Waals surface area contributed by atoms with Gasteiger partial charge in [-0.3, -0.25) is 3.97 Å². The molecule has 0 fully saturated rings. The Morgan fingerprint density at radius 1 is 1.24 bits per heavy atom. The summed E-state index contributed by atoms with van der Waals surface area (Å²) in [7, 11) is 1.59. The molecule has 0 radical (unpaired) electrons. The van der Waals surface area contributed by atoms with Gasteiger partial charge in [0.05, 0.1) is 17.3 Å². The fraction of sp³-hybridized carbons (Fsp3) is 0.0714. The van der Waals surface area contributed by atoms with Crippen molar-refractivity contribution in [3.63, 3.8) is 0 Å². The van der Waals surface area contributed by atoms with Gasteiger partial charge >= 0.3 is 0 Å². The highest BCUT2D eigenvalue weighted by Crippen LogP contribution is 2.29. The maximum absolute atomic E-state index is 9.49. The summed E-state index contributed by atoms with van der Waals surface area (Å²) in [5.74, 6) is -0.457. The monoisotopic (exact) mass is 426 g/mol. The van der Waals surface area contributed by atoms with Crippen molar-refractivity contribution in [2.75, 3.05) is 0 Å². The molecular weight excluding hydrogens is 419 g/mol. The Morgan fingerprint density at radius 3 is 2.76 bits per heavy atom. The maximum atomic E-state index is 9.49. The van der Waals surface area contributed by atoms with Crippen LogP contribution in [0, 0.1) is 11.3 Å². The molecule has 4 nitrogen and oxygen atoms in total. The summed E-state index contributed by atoms with van der Waals surface area (Å²) in [6.07, 6.45) is 2.01. The molecule has 2 heterocycles. The highest BCUT2D eigenvalue weighted by molar-refractivity contribution is 14.2. The number of benzene rings is 1. The van der Waals surface area contributed by atoms with E-state index in [2.05, 4.69) is 41.4 Å². The molecule has 1 aromatic carbocycles. The van der Waals surface area contributed by atoms with E-state index < -0.39 is 5.92 Å². The zero-order valence-corrected chi connectivity index (χ0v) is 14.3. The summed E-state index contributed by atoms with van der Waals surface area (Å²) < 4.78 is 2.06. The van der Waals surface area contributed by atoms with Gasteiger partial charge in [-0.1, -0.05) is 23.7 Å². The average molecular weight is 427 g/mol. The van der Waals surface area contributed by atoms with Crippen molar-refractivity contribution in [1.82, 2.24) is 14.2 Å². The Bertz CT molecular complexity index is 825. The summed E-state index contributed by atoms with van der Waals surface area (Å²) in [6.45, 7) is 0. The van der Waals surface area contributed by atoms with E-state index in [0.29, 0.717) is 10.8 Å². The summed E-state index contributed by atoms with van der Waals surface area (Å²) >= 11 is 7.97. The Balaban J connectivity index is 2.08. The molecule has 2 aromatic heterocycles. The Morgan fingerprint density at radius 2 is 2.10 bits per heavy atom. The molecule has 1 atom stereocenters. The van der Waals surface area contributed by atoms with E-state index in [1.165, 1.54) is 0 Å². The van der Waals surface area contributed by atoms with Crippen LogP contribution in [0.5, 0.6) is 0 Å². The van der Waals surface area contributed by atoms with E-state index in [0.717, 1.165) is 16.5 Å². The van der Waals surface area contributed by atoms with Gasteiger partial charge in [-0.15, -0.1) is 5.10 Å². The minimum absolute atomic E-state index is 0.320. The van der Waals surface area contributed by atoms with Crippen molar-refractivity contribution in [1.29, 1.82) is 5.26 Å². The van der Waals surface area contributed by atoms with E-state index in [1.54, 1.807) is 21.3 Å². The van der Waals surface area contributed by atoms with Crippen LogP contribution >= 0.6 is 41.9 Å². The fourth-order valence-electron chi connectivity index (χ4n) is 2.15. The van der Waals surface area contributed by atoms with Crippen LogP contribution in [-0.2, 0) is 0 Å². The first-order valence-corrected chi connectivity index (χ1v) is 9.71. The van der Waals surface area contributed by atoms with Crippen LogP contribution in [0.15, 0.2) is 42.6 Å². The Hall–Kier alpha value is -1.30. The second-order valence-electron chi connectivity index (χ2n) is 4.37. The first kappa shape index (κ1) is 14.6. The van der Waals surface area contributed by atoms with Gasteiger partial charge in [-0.05, 0) is 29.8 Å². The minimum atomic E-state index is -0.457. The molecule has 0 N–H and O–H groups in total. The molecule has 0 saturated heterocycles. The van der Waals surface area contributed by atoms with Gasteiger partial charge < -0.3 is 0 Å². The van der Waals surface area contributed by atoms with Crippen LogP contribution in [-0.4, -0.2) is 14.2 Å². The van der Waals surface area contributed by atoms with Crippen LogP contribution in [0.25, 0.3) is 10.9 Å². The largest absolute Gasteiger partial charge is 0.283 e. The van der Waals surface area contributed by atoms with E-state index >= 15 is 0 Å². The standard InChI is InChI=1S/C14H8ClIN4S/c15-14-4-3-12(18-19-14)11(8-17)10-2-1-9-5-6-20(21-16)13(9)7-10/h1-7,11H. The van der Waals surface area contributed by atoms with Crippen LogP contribution in [0.4, 0.5) is 0 Å². The second-order valence-corrected chi connectivity index (χ2v) is 6.47. The topological polar surface area (TPSA) is 54.5 Å². The van der Waals surface area contributed by atoms with Crippen molar-refractivity contribution >= 4 is 52.8 Å². The van der Waals surface area contributed by atoms with Gasteiger partial charge in [0.25, 0.3) is 0 Å². The molecule has 0 saturated carbocycles. The molecule has 1 unspecified atom stereocenters. The summed E-state index contributed by atoms with van der Waals surface area (Å²) in [5.41, 5.74) is 2.57. The third-order valence-electron chi connectivity index (χ3n) is 3.17. The molecule has 3 rings (SSSR count). The van der Waals surface area contributed by atoms with Crippen LogP contribution < -0.4 is 0 Å². The lowest BCUT2D eigenvalue weighted by Gasteiger charge is -2.09. The number of rotatable bonds is 3. The first-order valence-electron chi connectivity index (χ1n) is 6.02. The van der Waals surface area contributed by atoms with Gasteiger partial charge in [-0.25, -0.2) is 0 Å². The molecule has 7 heteroatoms. The predicted octanol–water partition coefficient (Wildman–Crippen LogP) is 4.59. The fourth-order valence-corrected chi connectivity index (χ4v) is 3.62. The SMILES string of the molecule is N#CC(c1ccc2ccn(SI)c2c1)c1ccc(Cl)nn1. The van der Waals surface area contributed by atoms with Crippen molar-refractivity contribution < 1.29 is 0 Å². The Kier molecular flexibility index (Phi) is 4.33. The smallest absolute Gasteiger partial charge is 0.151 e. The zero-order valence-electron chi connectivity index (χ0n) is 10.6. The van der Waals surface area contributed by atoms with Gasteiger partial charge in [0.2, 0.25) is 0 Å². The number of aromatic nitrogens is 3. The quantitative estimate of drug-likeness (QED) is 0.575. The van der Waals surface area contributed by atoms with Crippen LogP contribution in [0.2, 0.25) is 5.15 Å². The summed E-state index contributed by atoms with van der Waals surface area (Å²) in [5, 5.41) is 18.8. The van der Waals surface area contributed by atoms with Crippen LogP contribution in [0.3, 0.4) is 0 Å². The highest BCUT2D eigenvalue weighted by atomic mass is 127. The van der Waals surface area contributed by atoms with Crippen molar-refractivity contribution in [3.8, 4) is 6.07 Å². The lowest BCUT2D eigenvalue weighted by atomic mass is 9.96. The molecule has 104 valence electrons. The third kappa shape index (κ3) is 2.86. The van der Waals surface area contributed by atoms with E-state index in [1.807, 2.05) is 30.5 Å². The van der Waals surface area contributed by atoms with Gasteiger partial charge in [0, 0.05) is 41.9 Å². The lowest BCUT2D eigenvalue weighted by Crippen LogP contribution is -2.02.